The highest BCUT2D eigenvalue weighted by Crippen LogP contribution is 2.37. The summed E-state index contributed by atoms with van der Waals surface area (Å²) < 4.78 is 2.86. The Kier molecular flexibility index (Phi) is 3.91. The summed E-state index contributed by atoms with van der Waals surface area (Å²) in [5.41, 5.74) is 10.0. The first kappa shape index (κ1) is 14.4. The molecule has 106 valence electrons. The van der Waals surface area contributed by atoms with Crippen LogP contribution in [0.4, 0.5) is 5.82 Å². The molecule has 2 N–H and O–H groups in total. The molecule has 1 aromatic heterocycles. The fourth-order valence-corrected chi connectivity index (χ4v) is 3.04. The van der Waals surface area contributed by atoms with Crippen molar-refractivity contribution in [2.75, 3.05) is 5.73 Å². The van der Waals surface area contributed by atoms with Crippen LogP contribution in [0.5, 0.6) is 0 Å². The highest BCUT2D eigenvalue weighted by atomic mass is 127. The zero-order valence-corrected chi connectivity index (χ0v) is 14.3. The molecule has 0 aliphatic rings. The monoisotopic (exact) mass is 409 g/mol. The predicted octanol–water partition coefficient (Wildman–Crippen LogP) is 4.59. The third kappa shape index (κ3) is 2.78. The largest absolute Gasteiger partial charge is 0.383 e. The normalized spacial score (nSPS) is 10.8. The average molecular weight is 410 g/mol. The summed E-state index contributed by atoms with van der Waals surface area (Å²) in [4.78, 5) is 0. The third-order valence-corrected chi connectivity index (χ3v) is 4.21. The van der Waals surface area contributed by atoms with Crippen molar-refractivity contribution in [3.8, 4) is 22.4 Å². The van der Waals surface area contributed by atoms with E-state index in [4.69, 9.17) is 17.3 Å². The smallest absolute Gasteiger partial charge is 0.129 e. The van der Waals surface area contributed by atoms with E-state index in [2.05, 4.69) is 39.8 Å². The minimum absolute atomic E-state index is 0.631. The number of anilines is 1. The Morgan fingerprint density at radius 2 is 1.81 bits per heavy atom. The van der Waals surface area contributed by atoms with Gasteiger partial charge in [0, 0.05) is 21.2 Å². The summed E-state index contributed by atoms with van der Waals surface area (Å²) >= 11 is 8.40. The van der Waals surface area contributed by atoms with Crippen molar-refractivity contribution in [2.24, 2.45) is 7.05 Å². The number of halogens is 2. The fraction of sp³-hybridized carbons (Fsp3) is 0.0625. The number of rotatable bonds is 2. The molecule has 3 rings (SSSR count). The van der Waals surface area contributed by atoms with Gasteiger partial charge in [-0.2, -0.15) is 5.10 Å². The minimum atomic E-state index is 0.631. The second-order valence-corrected chi connectivity index (χ2v) is 6.44. The van der Waals surface area contributed by atoms with Crippen LogP contribution in [0, 0.1) is 3.57 Å². The van der Waals surface area contributed by atoms with E-state index in [0.29, 0.717) is 10.8 Å². The summed E-state index contributed by atoms with van der Waals surface area (Å²) in [7, 11) is 1.85. The molecule has 3 aromatic rings. The van der Waals surface area contributed by atoms with E-state index in [-0.39, 0.29) is 0 Å². The SMILES string of the molecule is Cn1nc(-c2cccc(I)c2)c(-c2cccc(Cl)c2)c1N. The van der Waals surface area contributed by atoms with Gasteiger partial charge in [-0.05, 0) is 52.4 Å². The van der Waals surface area contributed by atoms with Gasteiger partial charge in [0.25, 0.3) is 0 Å². The second kappa shape index (κ2) is 5.69. The molecule has 0 saturated carbocycles. The molecule has 3 nitrogen and oxygen atoms in total. The van der Waals surface area contributed by atoms with Crippen LogP contribution in [0.15, 0.2) is 48.5 Å². The number of aryl methyl sites for hydroxylation is 1. The van der Waals surface area contributed by atoms with Gasteiger partial charge in [0.1, 0.15) is 11.5 Å². The summed E-state index contributed by atoms with van der Waals surface area (Å²) in [5.74, 6) is 0.631. The van der Waals surface area contributed by atoms with E-state index < -0.39 is 0 Å². The summed E-state index contributed by atoms with van der Waals surface area (Å²) in [6, 6.07) is 15.9. The molecule has 0 atom stereocenters. The number of hydrogen-bond donors (Lipinski definition) is 1. The van der Waals surface area contributed by atoms with Crippen LogP contribution in [0.1, 0.15) is 0 Å². The second-order valence-electron chi connectivity index (χ2n) is 4.75. The first-order valence-corrected chi connectivity index (χ1v) is 7.86. The molecule has 0 spiro atoms. The van der Waals surface area contributed by atoms with Gasteiger partial charge in [-0.3, -0.25) is 4.68 Å². The number of nitrogens with zero attached hydrogens (tertiary/aromatic N) is 2. The molecular formula is C16H13ClIN3. The van der Waals surface area contributed by atoms with Crippen LogP contribution >= 0.6 is 34.2 Å². The Labute approximate surface area is 141 Å². The highest BCUT2D eigenvalue weighted by Gasteiger charge is 2.17. The van der Waals surface area contributed by atoms with Crippen LogP contribution < -0.4 is 5.73 Å². The molecule has 0 aliphatic carbocycles. The Morgan fingerprint density at radius 3 is 2.52 bits per heavy atom. The Hall–Kier alpha value is -1.53. The van der Waals surface area contributed by atoms with E-state index >= 15 is 0 Å². The highest BCUT2D eigenvalue weighted by molar-refractivity contribution is 14.1. The van der Waals surface area contributed by atoms with E-state index in [9.17, 15) is 0 Å². The molecule has 21 heavy (non-hydrogen) atoms. The van der Waals surface area contributed by atoms with E-state index in [1.165, 1.54) is 0 Å². The maximum Gasteiger partial charge on any atom is 0.129 e. The molecule has 0 aliphatic heterocycles. The summed E-state index contributed by atoms with van der Waals surface area (Å²) in [6.07, 6.45) is 0. The van der Waals surface area contributed by atoms with E-state index in [1.54, 1.807) is 4.68 Å². The van der Waals surface area contributed by atoms with E-state index in [0.717, 1.165) is 26.0 Å². The fourth-order valence-electron chi connectivity index (χ4n) is 2.30. The van der Waals surface area contributed by atoms with Crippen molar-refractivity contribution in [3.05, 3.63) is 57.1 Å². The number of aromatic nitrogens is 2. The quantitative estimate of drug-likeness (QED) is 0.629. The Balaban J connectivity index is 2.25. The maximum atomic E-state index is 6.22. The van der Waals surface area contributed by atoms with Crippen molar-refractivity contribution in [1.29, 1.82) is 0 Å². The molecule has 2 aromatic carbocycles. The van der Waals surface area contributed by atoms with Crippen molar-refractivity contribution in [3.63, 3.8) is 0 Å². The maximum absolute atomic E-state index is 6.22. The van der Waals surface area contributed by atoms with Gasteiger partial charge in [-0.1, -0.05) is 35.9 Å². The summed E-state index contributed by atoms with van der Waals surface area (Å²) in [5, 5.41) is 5.26. The molecular weight excluding hydrogens is 397 g/mol. The van der Waals surface area contributed by atoms with Crippen molar-refractivity contribution >= 4 is 40.0 Å². The number of nitrogen functional groups attached to an aromatic ring is 1. The zero-order valence-electron chi connectivity index (χ0n) is 11.3. The van der Waals surface area contributed by atoms with Gasteiger partial charge in [-0.15, -0.1) is 0 Å². The van der Waals surface area contributed by atoms with Crippen LogP contribution in [-0.4, -0.2) is 9.78 Å². The third-order valence-electron chi connectivity index (χ3n) is 3.30. The van der Waals surface area contributed by atoms with Crippen molar-refractivity contribution < 1.29 is 0 Å². The van der Waals surface area contributed by atoms with Crippen LogP contribution in [0.2, 0.25) is 5.02 Å². The van der Waals surface area contributed by atoms with Gasteiger partial charge in [0.2, 0.25) is 0 Å². The van der Waals surface area contributed by atoms with Crippen molar-refractivity contribution in [2.45, 2.75) is 0 Å². The minimum Gasteiger partial charge on any atom is -0.383 e. The van der Waals surface area contributed by atoms with Gasteiger partial charge >= 0.3 is 0 Å². The molecule has 0 fully saturated rings. The van der Waals surface area contributed by atoms with Gasteiger partial charge in [0.05, 0.1) is 5.56 Å². The standard InChI is InChI=1S/C16H13ClIN3/c1-21-16(19)14(10-4-2-6-12(17)8-10)15(20-21)11-5-3-7-13(18)9-11/h2-9H,19H2,1H3. The number of hydrogen-bond acceptors (Lipinski definition) is 2. The van der Waals surface area contributed by atoms with Crippen LogP contribution in [-0.2, 0) is 7.05 Å². The number of benzene rings is 2. The first-order valence-electron chi connectivity index (χ1n) is 6.40. The lowest BCUT2D eigenvalue weighted by Gasteiger charge is -2.05. The zero-order chi connectivity index (χ0) is 15.0. The number of nitrogens with two attached hydrogens (primary N) is 1. The average Bonchev–Trinajstić information content (AvgIpc) is 2.75. The molecule has 0 radical (unpaired) electrons. The molecule has 0 bridgehead atoms. The lowest BCUT2D eigenvalue weighted by atomic mass is 10.0. The predicted molar refractivity (Wildman–Crippen MR) is 96.2 cm³/mol. The lowest BCUT2D eigenvalue weighted by molar-refractivity contribution is 0.782. The molecule has 1 heterocycles. The van der Waals surface area contributed by atoms with Crippen molar-refractivity contribution in [1.82, 2.24) is 9.78 Å². The van der Waals surface area contributed by atoms with Crippen LogP contribution in [0.3, 0.4) is 0 Å². The Bertz CT molecular complexity index is 811. The van der Waals surface area contributed by atoms with Gasteiger partial charge in [0.15, 0.2) is 0 Å². The topological polar surface area (TPSA) is 43.8 Å². The molecule has 5 heteroatoms. The molecule has 0 unspecified atom stereocenters. The van der Waals surface area contributed by atoms with Gasteiger partial charge < -0.3 is 5.73 Å². The van der Waals surface area contributed by atoms with E-state index in [1.807, 2.05) is 43.4 Å². The lowest BCUT2D eigenvalue weighted by Crippen LogP contribution is -1.97. The van der Waals surface area contributed by atoms with Crippen LogP contribution in [0.25, 0.3) is 22.4 Å². The Morgan fingerprint density at radius 1 is 1.10 bits per heavy atom. The first-order chi connectivity index (χ1) is 10.1. The molecule has 0 saturated heterocycles. The molecule has 0 amide bonds. The summed E-state index contributed by atoms with van der Waals surface area (Å²) in [6.45, 7) is 0. The van der Waals surface area contributed by atoms with Gasteiger partial charge in [-0.25, -0.2) is 0 Å².